The molecule has 120 valence electrons. The van der Waals surface area contributed by atoms with Crippen LogP contribution >= 0.6 is 0 Å². The van der Waals surface area contributed by atoms with Gasteiger partial charge in [0.05, 0.1) is 12.1 Å². The summed E-state index contributed by atoms with van der Waals surface area (Å²) in [6.45, 7) is 0.839. The first kappa shape index (κ1) is 15.3. The number of rotatable bonds is 4. The van der Waals surface area contributed by atoms with Crippen molar-refractivity contribution < 1.29 is 14.0 Å². The third-order valence-electron chi connectivity index (χ3n) is 4.13. The van der Waals surface area contributed by atoms with E-state index in [1.807, 2.05) is 30.3 Å². The van der Waals surface area contributed by atoms with Crippen LogP contribution in [-0.2, 0) is 11.3 Å². The molecule has 3 rings (SSSR count). The maximum absolute atomic E-state index is 12.6. The summed E-state index contributed by atoms with van der Waals surface area (Å²) in [7, 11) is 1.65. The van der Waals surface area contributed by atoms with Gasteiger partial charge < -0.3 is 20.0 Å². The Kier molecular flexibility index (Phi) is 4.16. The normalized spacial score (nSPS) is 17.6. The molecule has 23 heavy (non-hydrogen) atoms. The zero-order chi connectivity index (χ0) is 16.4. The van der Waals surface area contributed by atoms with Gasteiger partial charge in [0.1, 0.15) is 18.1 Å². The predicted molar refractivity (Wildman–Crippen MR) is 85.9 cm³/mol. The average Bonchev–Trinajstić information content (AvgIpc) is 3.21. The fourth-order valence-corrected chi connectivity index (χ4v) is 2.83. The summed E-state index contributed by atoms with van der Waals surface area (Å²) in [5.74, 6) is 0.252. The van der Waals surface area contributed by atoms with Gasteiger partial charge in [0.25, 0.3) is 5.91 Å². The third-order valence-corrected chi connectivity index (χ3v) is 4.13. The number of carbonyl (C=O) groups excluding carboxylic acids is 2. The molecule has 0 aliphatic carbocycles. The van der Waals surface area contributed by atoms with E-state index in [-0.39, 0.29) is 18.4 Å². The van der Waals surface area contributed by atoms with E-state index in [0.717, 1.165) is 5.69 Å². The molecule has 0 bridgehead atoms. The molecule has 1 fully saturated rings. The molecule has 2 amide bonds. The predicted octanol–water partition coefficient (Wildman–Crippen LogP) is 1.62. The van der Waals surface area contributed by atoms with Crippen molar-refractivity contribution in [3.05, 3.63) is 54.0 Å². The molecule has 1 aliphatic rings. The molecule has 1 aliphatic heterocycles. The highest BCUT2D eigenvalue weighted by Gasteiger charge is 2.37. The van der Waals surface area contributed by atoms with E-state index in [4.69, 9.17) is 10.2 Å². The van der Waals surface area contributed by atoms with Crippen molar-refractivity contribution >= 4 is 17.5 Å². The highest BCUT2D eigenvalue weighted by molar-refractivity contribution is 6.03. The fourth-order valence-electron chi connectivity index (χ4n) is 2.83. The van der Waals surface area contributed by atoms with Gasteiger partial charge in [-0.15, -0.1) is 0 Å². The summed E-state index contributed by atoms with van der Waals surface area (Å²) in [6.07, 6.45) is 1.99. The number of anilines is 1. The minimum Gasteiger partial charge on any atom is -0.467 e. The second-order valence-electron chi connectivity index (χ2n) is 5.55. The monoisotopic (exact) mass is 313 g/mol. The van der Waals surface area contributed by atoms with E-state index < -0.39 is 6.04 Å². The molecule has 2 aromatic rings. The van der Waals surface area contributed by atoms with Gasteiger partial charge in [0.2, 0.25) is 5.91 Å². The van der Waals surface area contributed by atoms with Crippen molar-refractivity contribution in [1.82, 2.24) is 4.90 Å². The summed E-state index contributed by atoms with van der Waals surface area (Å²) < 4.78 is 5.20. The van der Waals surface area contributed by atoms with Crippen LogP contribution in [0.4, 0.5) is 5.69 Å². The van der Waals surface area contributed by atoms with Crippen LogP contribution in [0.3, 0.4) is 0 Å². The zero-order valence-electron chi connectivity index (χ0n) is 12.9. The van der Waals surface area contributed by atoms with Gasteiger partial charge in [-0.25, -0.2) is 0 Å². The molecule has 1 aromatic carbocycles. The lowest BCUT2D eigenvalue weighted by Gasteiger charge is -2.23. The molecule has 1 saturated heterocycles. The summed E-state index contributed by atoms with van der Waals surface area (Å²) >= 11 is 0. The summed E-state index contributed by atoms with van der Waals surface area (Å²) in [5, 5.41) is 0. The minimum atomic E-state index is -0.459. The highest BCUT2D eigenvalue weighted by atomic mass is 16.3. The Balaban J connectivity index is 1.74. The second-order valence-corrected chi connectivity index (χ2v) is 5.55. The van der Waals surface area contributed by atoms with E-state index in [1.54, 1.807) is 18.0 Å². The number of nitrogens with zero attached hydrogens (tertiary/aromatic N) is 2. The van der Waals surface area contributed by atoms with Crippen LogP contribution < -0.4 is 10.6 Å². The van der Waals surface area contributed by atoms with Crippen LogP contribution in [0.1, 0.15) is 22.5 Å². The van der Waals surface area contributed by atoms with Gasteiger partial charge in [-0.05, 0) is 24.6 Å². The Morgan fingerprint density at radius 2 is 2.13 bits per heavy atom. The maximum Gasteiger partial charge on any atom is 0.257 e. The molecule has 1 aromatic heterocycles. The summed E-state index contributed by atoms with van der Waals surface area (Å²) in [5.41, 5.74) is 6.76. The Morgan fingerprint density at radius 1 is 1.39 bits per heavy atom. The lowest BCUT2D eigenvalue weighted by atomic mass is 10.2. The molecule has 6 heteroatoms. The van der Waals surface area contributed by atoms with Gasteiger partial charge in [0.15, 0.2) is 0 Å². The number of hydrogen-bond acceptors (Lipinski definition) is 4. The Labute approximate surface area is 134 Å². The summed E-state index contributed by atoms with van der Waals surface area (Å²) in [6, 6.07) is 10.6. The standard InChI is InChI=1S/C17H19N3O3/c1-19(16(21)12-9-14(10-18)23-11-12)15-7-8-20(17(15)22)13-5-3-2-4-6-13/h2-6,9,11,15H,7-8,10,18H2,1H3. The lowest BCUT2D eigenvalue weighted by molar-refractivity contribution is -0.120. The van der Waals surface area contributed by atoms with Crippen molar-refractivity contribution in [1.29, 1.82) is 0 Å². The van der Waals surface area contributed by atoms with E-state index in [0.29, 0.717) is 24.3 Å². The molecule has 0 saturated carbocycles. The second kappa shape index (κ2) is 6.26. The van der Waals surface area contributed by atoms with Crippen molar-refractivity contribution in [3.63, 3.8) is 0 Å². The van der Waals surface area contributed by atoms with Crippen LogP contribution in [0, 0.1) is 0 Å². The van der Waals surface area contributed by atoms with Gasteiger partial charge in [-0.3, -0.25) is 9.59 Å². The molecule has 1 atom stereocenters. The van der Waals surface area contributed by atoms with E-state index in [1.165, 1.54) is 11.2 Å². The number of para-hydroxylation sites is 1. The number of furan rings is 1. The molecule has 0 spiro atoms. The highest BCUT2D eigenvalue weighted by Crippen LogP contribution is 2.24. The van der Waals surface area contributed by atoms with Crippen LogP contribution in [0.15, 0.2) is 47.1 Å². The molecule has 2 N–H and O–H groups in total. The number of amides is 2. The van der Waals surface area contributed by atoms with Crippen molar-refractivity contribution in [3.8, 4) is 0 Å². The number of likely N-dealkylation sites (N-methyl/N-ethyl adjacent to an activating group) is 1. The van der Waals surface area contributed by atoms with Crippen molar-refractivity contribution in [2.24, 2.45) is 5.73 Å². The van der Waals surface area contributed by atoms with Crippen LogP contribution in [-0.4, -0.2) is 36.3 Å². The lowest BCUT2D eigenvalue weighted by Crippen LogP contribution is -2.42. The summed E-state index contributed by atoms with van der Waals surface area (Å²) in [4.78, 5) is 28.3. The molecular formula is C17H19N3O3. The van der Waals surface area contributed by atoms with Gasteiger partial charge in [-0.2, -0.15) is 0 Å². The van der Waals surface area contributed by atoms with E-state index in [2.05, 4.69) is 0 Å². The molecular weight excluding hydrogens is 294 g/mol. The van der Waals surface area contributed by atoms with Crippen molar-refractivity contribution in [2.75, 3.05) is 18.5 Å². The number of nitrogens with two attached hydrogens (primary N) is 1. The van der Waals surface area contributed by atoms with Crippen molar-refractivity contribution in [2.45, 2.75) is 19.0 Å². The van der Waals surface area contributed by atoms with Crippen LogP contribution in [0.2, 0.25) is 0 Å². The quantitative estimate of drug-likeness (QED) is 0.930. The SMILES string of the molecule is CN(C(=O)c1coc(CN)c1)C1CCN(c2ccccc2)C1=O. The maximum atomic E-state index is 12.6. The Morgan fingerprint density at radius 3 is 2.78 bits per heavy atom. The van der Waals surface area contributed by atoms with Crippen LogP contribution in [0.5, 0.6) is 0 Å². The third kappa shape index (κ3) is 2.85. The minimum absolute atomic E-state index is 0.0606. The van der Waals surface area contributed by atoms with Gasteiger partial charge in [0, 0.05) is 19.3 Å². The Hall–Kier alpha value is -2.60. The average molecular weight is 313 g/mol. The fraction of sp³-hybridized carbons (Fsp3) is 0.294. The first-order valence-electron chi connectivity index (χ1n) is 7.53. The molecule has 1 unspecified atom stereocenters. The van der Waals surface area contributed by atoms with Gasteiger partial charge in [-0.1, -0.05) is 18.2 Å². The topological polar surface area (TPSA) is 79.8 Å². The Bertz CT molecular complexity index is 711. The molecule has 2 heterocycles. The van der Waals surface area contributed by atoms with Crippen LogP contribution in [0.25, 0.3) is 0 Å². The number of carbonyl (C=O) groups is 2. The molecule has 6 nitrogen and oxygen atoms in total. The zero-order valence-corrected chi connectivity index (χ0v) is 12.9. The number of hydrogen-bond donors (Lipinski definition) is 1. The first-order chi connectivity index (χ1) is 11.1. The van der Waals surface area contributed by atoms with E-state index in [9.17, 15) is 9.59 Å². The van der Waals surface area contributed by atoms with Gasteiger partial charge >= 0.3 is 0 Å². The number of benzene rings is 1. The molecule has 0 radical (unpaired) electrons. The van der Waals surface area contributed by atoms with E-state index >= 15 is 0 Å². The largest absolute Gasteiger partial charge is 0.467 e. The first-order valence-corrected chi connectivity index (χ1v) is 7.53. The smallest absolute Gasteiger partial charge is 0.257 e.